The SMILES string of the molecule is CC(=O)Nc1ccc(C(=O)c2ccc(Br)c(C)c2)cc1. The second-order valence-corrected chi connectivity index (χ2v) is 5.41. The normalized spacial score (nSPS) is 10.2. The lowest BCUT2D eigenvalue weighted by Gasteiger charge is -2.06. The summed E-state index contributed by atoms with van der Waals surface area (Å²) in [6.07, 6.45) is 0. The molecule has 0 aliphatic heterocycles. The van der Waals surface area contributed by atoms with Crippen molar-refractivity contribution in [2.24, 2.45) is 0 Å². The van der Waals surface area contributed by atoms with E-state index in [4.69, 9.17) is 0 Å². The van der Waals surface area contributed by atoms with Gasteiger partial charge >= 0.3 is 0 Å². The van der Waals surface area contributed by atoms with E-state index in [1.807, 2.05) is 19.1 Å². The zero-order valence-corrected chi connectivity index (χ0v) is 12.8. The van der Waals surface area contributed by atoms with Crippen LogP contribution in [0.4, 0.5) is 5.69 Å². The Morgan fingerprint density at radius 2 is 1.60 bits per heavy atom. The number of ketones is 1. The van der Waals surface area contributed by atoms with E-state index in [-0.39, 0.29) is 11.7 Å². The number of rotatable bonds is 3. The fourth-order valence-electron chi connectivity index (χ4n) is 1.86. The Kier molecular flexibility index (Phi) is 4.35. The predicted octanol–water partition coefficient (Wildman–Crippen LogP) is 3.95. The van der Waals surface area contributed by atoms with Crippen molar-refractivity contribution in [3.63, 3.8) is 0 Å². The molecule has 0 aliphatic rings. The van der Waals surface area contributed by atoms with E-state index < -0.39 is 0 Å². The van der Waals surface area contributed by atoms with Gasteiger partial charge in [0.15, 0.2) is 5.78 Å². The van der Waals surface area contributed by atoms with Crippen molar-refractivity contribution in [2.75, 3.05) is 5.32 Å². The van der Waals surface area contributed by atoms with Crippen LogP contribution in [0.2, 0.25) is 0 Å². The van der Waals surface area contributed by atoms with Crippen molar-refractivity contribution < 1.29 is 9.59 Å². The molecule has 1 amide bonds. The van der Waals surface area contributed by atoms with Crippen molar-refractivity contribution in [2.45, 2.75) is 13.8 Å². The molecule has 0 aliphatic carbocycles. The minimum absolute atomic E-state index is 0.0324. The molecule has 0 bridgehead atoms. The summed E-state index contributed by atoms with van der Waals surface area (Å²) in [5.74, 6) is -0.164. The third-order valence-electron chi connectivity index (χ3n) is 2.89. The Morgan fingerprint density at radius 3 is 2.15 bits per heavy atom. The standard InChI is InChI=1S/C16H14BrNO2/c1-10-9-13(5-8-15(10)17)16(20)12-3-6-14(7-4-12)18-11(2)19/h3-9H,1-2H3,(H,18,19). The van der Waals surface area contributed by atoms with Crippen molar-refractivity contribution in [1.82, 2.24) is 0 Å². The van der Waals surface area contributed by atoms with Gasteiger partial charge in [-0.3, -0.25) is 9.59 Å². The number of carbonyl (C=O) groups is 2. The number of amides is 1. The molecule has 0 radical (unpaired) electrons. The van der Waals surface area contributed by atoms with Gasteiger partial charge < -0.3 is 5.32 Å². The monoisotopic (exact) mass is 331 g/mol. The predicted molar refractivity (Wildman–Crippen MR) is 83.1 cm³/mol. The molecule has 0 heterocycles. The second-order valence-electron chi connectivity index (χ2n) is 4.55. The van der Waals surface area contributed by atoms with Crippen molar-refractivity contribution in [1.29, 1.82) is 0 Å². The molecule has 2 rings (SSSR count). The summed E-state index contributed by atoms with van der Waals surface area (Å²) in [6, 6.07) is 12.4. The van der Waals surface area contributed by atoms with Gasteiger partial charge in [0.1, 0.15) is 0 Å². The minimum atomic E-state index is -0.132. The highest BCUT2D eigenvalue weighted by Crippen LogP contribution is 2.20. The summed E-state index contributed by atoms with van der Waals surface area (Å²) in [4.78, 5) is 23.3. The highest BCUT2D eigenvalue weighted by molar-refractivity contribution is 9.10. The lowest BCUT2D eigenvalue weighted by atomic mass is 10.0. The summed E-state index contributed by atoms with van der Waals surface area (Å²) in [7, 11) is 0. The van der Waals surface area contributed by atoms with Gasteiger partial charge in [0.05, 0.1) is 0 Å². The van der Waals surface area contributed by atoms with E-state index >= 15 is 0 Å². The number of benzene rings is 2. The van der Waals surface area contributed by atoms with Crippen LogP contribution in [0.25, 0.3) is 0 Å². The summed E-state index contributed by atoms with van der Waals surface area (Å²) in [5, 5.41) is 2.67. The molecule has 1 N–H and O–H groups in total. The Hall–Kier alpha value is -1.94. The first-order chi connectivity index (χ1) is 9.47. The van der Waals surface area contributed by atoms with Crippen LogP contribution < -0.4 is 5.32 Å². The number of anilines is 1. The topological polar surface area (TPSA) is 46.2 Å². The summed E-state index contributed by atoms with van der Waals surface area (Å²) < 4.78 is 0.982. The molecule has 0 fully saturated rings. The van der Waals surface area contributed by atoms with Crippen LogP contribution in [-0.2, 0) is 4.79 Å². The molecule has 0 unspecified atom stereocenters. The van der Waals surface area contributed by atoms with Gasteiger partial charge in [0.2, 0.25) is 5.91 Å². The lowest BCUT2D eigenvalue weighted by molar-refractivity contribution is -0.114. The highest BCUT2D eigenvalue weighted by Gasteiger charge is 2.10. The number of nitrogens with one attached hydrogen (secondary N) is 1. The summed E-state index contributed by atoms with van der Waals surface area (Å²) in [6.45, 7) is 3.39. The molecule has 0 aromatic heterocycles. The molecule has 0 spiro atoms. The van der Waals surface area contributed by atoms with E-state index in [0.717, 1.165) is 10.0 Å². The molecule has 2 aromatic rings. The van der Waals surface area contributed by atoms with Gasteiger partial charge in [-0.2, -0.15) is 0 Å². The first-order valence-corrected chi connectivity index (χ1v) is 6.95. The lowest BCUT2D eigenvalue weighted by Crippen LogP contribution is -2.06. The number of carbonyl (C=O) groups excluding carboxylic acids is 2. The molecule has 0 saturated carbocycles. The third-order valence-corrected chi connectivity index (χ3v) is 3.78. The number of aryl methyl sites for hydroxylation is 1. The average molecular weight is 332 g/mol. The van der Waals surface area contributed by atoms with Gasteiger partial charge in [-0.15, -0.1) is 0 Å². The molecule has 102 valence electrons. The van der Waals surface area contributed by atoms with Crippen LogP contribution in [0.3, 0.4) is 0 Å². The molecular weight excluding hydrogens is 318 g/mol. The van der Waals surface area contributed by atoms with Gasteiger partial charge in [-0.05, 0) is 55.0 Å². The Bertz CT molecular complexity index is 663. The minimum Gasteiger partial charge on any atom is -0.326 e. The van der Waals surface area contributed by atoms with Crippen LogP contribution in [0, 0.1) is 6.92 Å². The van der Waals surface area contributed by atoms with Gasteiger partial charge in [0, 0.05) is 28.2 Å². The smallest absolute Gasteiger partial charge is 0.221 e. The molecule has 0 saturated heterocycles. The van der Waals surface area contributed by atoms with Gasteiger partial charge in [-0.25, -0.2) is 0 Å². The third kappa shape index (κ3) is 3.33. The molecule has 3 nitrogen and oxygen atoms in total. The molecule has 4 heteroatoms. The first kappa shape index (κ1) is 14.5. The fraction of sp³-hybridized carbons (Fsp3) is 0.125. The van der Waals surface area contributed by atoms with Crippen LogP contribution >= 0.6 is 15.9 Å². The zero-order chi connectivity index (χ0) is 14.7. The first-order valence-electron chi connectivity index (χ1n) is 6.16. The summed E-state index contributed by atoms with van der Waals surface area (Å²) >= 11 is 3.42. The molecular formula is C16H14BrNO2. The molecule has 2 aromatic carbocycles. The van der Waals surface area contributed by atoms with Crippen LogP contribution in [0.1, 0.15) is 28.4 Å². The number of hydrogen-bond donors (Lipinski definition) is 1. The van der Waals surface area contributed by atoms with E-state index in [9.17, 15) is 9.59 Å². The second kappa shape index (κ2) is 6.01. The Balaban J connectivity index is 2.24. The maximum Gasteiger partial charge on any atom is 0.221 e. The van der Waals surface area contributed by atoms with Crippen LogP contribution in [0.15, 0.2) is 46.9 Å². The Labute approximate surface area is 126 Å². The van der Waals surface area contributed by atoms with E-state index in [1.165, 1.54) is 6.92 Å². The largest absolute Gasteiger partial charge is 0.326 e. The van der Waals surface area contributed by atoms with Crippen molar-refractivity contribution in [3.05, 3.63) is 63.6 Å². The number of halogens is 1. The van der Waals surface area contributed by atoms with E-state index in [2.05, 4.69) is 21.2 Å². The quantitative estimate of drug-likeness (QED) is 0.865. The summed E-state index contributed by atoms with van der Waals surface area (Å²) in [5.41, 5.74) is 2.95. The van der Waals surface area contributed by atoms with E-state index in [0.29, 0.717) is 16.8 Å². The van der Waals surface area contributed by atoms with E-state index in [1.54, 1.807) is 30.3 Å². The van der Waals surface area contributed by atoms with Crippen LogP contribution in [0.5, 0.6) is 0 Å². The van der Waals surface area contributed by atoms with Gasteiger partial charge in [-0.1, -0.05) is 15.9 Å². The van der Waals surface area contributed by atoms with Crippen LogP contribution in [-0.4, -0.2) is 11.7 Å². The highest BCUT2D eigenvalue weighted by atomic mass is 79.9. The van der Waals surface area contributed by atoms with Crippen molar-refractivity contribution >= 4 is 33.3 Å². The number of hydrogen-bond acceptors (Lipinski definition) is 2. The Morgan fingerprint density at radius 1 is 1.00 bits per heavy atom. The average Bonchev–Trinajstić information content (AvgIpc) is 2.41. The molecule has 20 heavy (non-hydrogen) atoms. The molecule has 0 atom stereocenters. The maximum absolute atomic E-state index is 12.3. The zero-order valence-electron chi connectivity index (χ0n) is 11.2. The van der Waals surface area contributed by atoms with Gasteiger partial charge in [0.25, 0.3) is 0 Å². The fourth-order valence-corrected chi connectivity index (χ4v) is 2.11. The maximum atomic E-state index is 12.3. The van der Waals surface area contributed by atoms with Crippen molar-refractivity contribution in [3.8, 4) is 0 Å².